The van der Waals surface area contributed by atoms with Crippen LogP contribution < -0.4 is 10.5 Å². The van der Waals surface area contributed by atoms with Crippen LogP contribution in [0.3, 0.4) is 0 Å². The van der Waals surface area contributed by atoms with Crippen LogP contribution in [0.15, 0.2) is 42.7 Å². The number of aryl methyl sites for hydroxylation is 1. The van der Waals surface area contributed by atoms with Crippen molar-refractivity contribution in [2.24, 2.45) is 5.73 Å². The van der Waals surface area contributed by atoms with Gasteiger partial charge in [-0.05, 0) is 48.6 Å². The highest BCUT2D eigenvalue weighted by Gasteiger charge is 2.04. The summed E-state index contributed by atoms with van der Waals surface area (Å²) in [5.74, 6) is 1.61. The molecule has 1 heterocycles. The van der Waals surface area contributed by atoms with Crippen molar-refractivity contribution in [2.45, 2.75) is 39.2 Å². The SMILES string of the molecule is CCc1cccc(Oc2cncc(CC(N)CC)c2)c1. The van der Waals surface area contributed by atoms with Crippen molar-refractivity contribution in [1.29, 1.82) is 0 Å². The smallest absolute Gasteiger partial charge is 0.145 e. The van der Waals surface area contributed by atoms with Crippen LogP contribution in [-0.4, -0.2) is 11.0 Å². The van der Waals surface area contributed by atoms with E-state index in [1.807, 2.05) is 24.4 Å². The van der Waals surface area contributed by atoms with Gasteiger partial charge in [0.1, 0.15) is 11.5 Å². The van der Waals surface area contributed by atoms with Crippen molar-refractivity contribution in [3.05, 3.63) is 53.9 Å². The van der Waals surface area contributed by atoms with Crippen LogP contribution in [0.25, 0.3) is 0 Å². The van der Waals surface area contributed by atoms with E-state index in [1.54, 1.807) is 6.20 Å². The summed E-state index contributed by atoms with van der Waals surface area (Å²) in [7, 11) is 0. The van der Waals surface area contributed by atoms with E-state index in [0.29, 0.717) is 0 Å². The fraction of sp³-hybridized carbons (Fsp3) is 0.353. The molecule has 0 bridgehead atoms. The van der Waals surface area contributed by atoms with Gasteiger partial charge in [-0.15, -0.1) is 0 Å². The summed E-state index contributed by atoms with van der Waals surface area (Å²) in [5, 5.41) is 0. The van der Waals surface area contributed by atoms with Crippen molar-refractivity contribution in [2.75, 3.05) is 0 Å². The minimum Gasteiger partial charge on any atom is -0.456 e. The first-order chi connectivity index (χ1) is 9.71. The van der Waals surface area contributed by atoms with Crippen LogP contribution in [0.4, 0.5) is 0 Å². The Bertz CT molecular complexity index is 554. The van der Waals surface area contributed by atoms with E-state index in [4.69, 9.17) is 10.5 Å². The average Bonchev–Trinajstić information content (AvgIpc) is 2.47. The van der Waals surface area contributed by atoms with Gasteiger partial charge in [-0.1, -0.05) is 26.0 Å². The number of nitrogens with two attached hydrogens (primary N) is 1. The molecule has 0 aliphatic rings. The molecule has 1 atom stereocenters. The number of pyridine rings is 1. The quantitative estimate of drug-likeness (QED) is 0.870. The monoisotopic (exact) mass is 270 g/mol. The van der Waals surface area contributed by atoms with E-state index in [-0.39, 0.29) is 6.04 Å². The van der Waals surface area contributed by atoms with Crippen molar-refractivity contribution in [3.63, 3.8) is 0 Å². The summed E-state index contributed by atoms with van der Waals surface area (Å²) in [4.78, 5) is 4.23. The topological polar surface area (TPSA) is 48.1 Å². The number of ether oxygens (including phenoxy) is 1. The average molecular weight is 270 g/mol. The molecule has 0 fully saturated rings. The van der Waals surface area contributed by atoms with Gasteiger partial charge in [0, 0.05) is 12.2 Å². The van der Waals surface area contributed by atoms with E-state index < -0.39 is 0 Å². The molecule has 2 aromatic rings. The Morgan fingerprint density at radius 3 is 2.65 bits per heavy atom. The Balaban J connectivity index is 2.10. The lowest BCUT2D eigenvalue weighted by Crippen LogP contribution is -2.21. The van der Waals surface area contributed by atoms with Crippen LogP contribution in [0.5, 0.6) is 11.5 Å². The molecule has 3 heteroatoms. The lowest BCUT2D eigenvalue weighted by Gasteiger charge is -2.10. The molecule has 1 unspecified atom stereocenters. The second-order valence-electron chi connectivity index (χ2n) is 5.00. The highest BCUT2D eigenvalue weighted by molar-refractivity contribution is 5.34. The number of benzene rings is 1. The van der Waals surface area contributed by atoms with Crippen LogP contribution in [0.1, 0.15) is 31.4 Å². The third-order valence-corrected chi connectivity index (χ3v) is 3.33. The van der Waals surface area contributed by atoms with E-state index in [2.05, 4.69) is 31.0 Å². The Kier molecular flexibility index (Phi) is 5.13. The molecular formula is C17H22N2O. The maximum atomic E-state index is 5.98. The zero-order chi connectivity index (χ0) is 14.4. The minimum absolute atomic E-state index is 0.176. The molecular weight excluding hydrogens is 248 g/mol. The van der Waals surface area contributed by atoms with Gasteiger partial charge in [-0.2, -0.15) is 0 Å². The summed E-state index contributed by atoms with van der Waals surface area (Å²) >= 11 is 0. The van der Waals surface area contributed by atoms with Gasteiger partial charge in [0.05, 0.1) is 6.20 Å². The molecule has 106 valence electrons. The van der Waals surface area contributed by atoms with Crippen molar-refractivity contribution >= 4 is 0 Å². The molecule has 1 aromatic heterocycles. The van der Waals surface area contributed by atoms with E-state index in [9.17, 15) is 0 Å². The molecule has 0 aliphatic heterocycles. The van der Waals surface area contributed by atoms with Gasteiger partial charge < -0.3 is 10.5 Å². The van der Waals surface area contributed by atoms with Gasteiger partial charge >= 0.3 is 0 Å². The fourth-order valence-electron chi connectivity index (χ4n) is 2.04. The summed E-state index contributed by atoms with van der Waals surface area (Å²) in [6, 6.07) is 10.3. The van der Waals surface area contributed by atoms with Crippen LogP contribution in [-0.2, 0) is 12.8 Å². The minimum atomic E-state index is 0.176. The first-order valence-electron chi connectivity index (χ1n) is 7.17. The predicted octanol–water partition coefficient (Wildman–Crippen LogP) is 3.72. The molecule has 0 radical (unpaired) electrons. The van der Waals surface area contributed by atoms with E-state index in [1.165, 1.54) is 5.56 Å². The van der Waals surface area contributed by atoms with Gasteiger partial charge in [0.15, 0.2) is 0 Å². The van der Waals surface area contributed by atoms with Gasteiger partial charge in [-0.25, -0.2) is 0 Å². The molecule has 3 nitrogen and oxygen atoms in total. The van der Waals surface area contributed by atoms with E-state index >= 15 is 0 Å². The number of hydrogen-bond acceptors (Lipinski definition) is 3. The predicted molar refractivity (Wildman–Crippen MR) is 82.1 cm³/mol. The maximum absolute atomic E-state index is 5.98. The van der Waals surface area contributed by atoms with Gasteiger partial charge in [0.25, 0.3) is 0 Å². The number of rotatable bonds is 6. The lowest BCUT2D eigenvalue weighted by molar-refractivity contribution is 0.478. The van der Waals surface area contributed by atoms with Gasteiger partial charge in [0.2, 0.25) is 0 Å². The van der Waals surface area contributed by atoms with Crippen molar-refractivity contribution in [1.82, 2.24) is 4.98 Å². The maximum Gasteiger partial charge on any atom is 0.145 e. The largest absolute Gasteiger partial charge is 0.456 e. The molecule has 0 amide bonds. The summed E-state index contributed by atoms with van der Waals surface area (Å²) in [5.41, 5.74) is 8.35. The number of hydrogen-bond donors (Lipinski definition) is 1. The molecule has 20 heavy (non-hydrogen) atoms. The number of nitrogens with zero attached hydrogens (tertiary/aromatic N) is 1. The zero-order valence-electron chi connectivity index (χ0n) is 12.2. The van der Waals surface area contributed by atoms with Crippen molar-refractivity contribution < 1.29 is 4.74 Å². The second-order valence-corrected chi connectivity index (χ2v) is 5.00. The first kappa shape index (κ1) is 14.5. The van der Waals surface area contributed by atoms with Crippen LogP contribution >= 0.6 is 0 Å². The Hall–Kier alpha value is -1.87. The Labute approximate surface area is 120 Å². The highest BCUT2D eigenvalue weighted by Crippen LogP contribution is 2.23. The second kappa shape index (κ2) is 7.06. The highest BCUT2D eigenvalue weighted by atomic mass is 16.5. The zero-order valence-corrected chi connectivity index (χ0v) is 12.2. The first-order valence-corrected chi connectivity index (χ1v) is 7.17. The summed E-state index contributed by atoms with van der Waals surface area (Å²) in [6.45, 7) is 4.22. The molecule has 2 N–H and O–H groups in total. The molecule has 0 spiro atoms. The molecule has 0 aliphatic carbocycles. The van der Waals surface area contributed by atoms with Crippen LogP contribution in [0.2, 0.25) is 0 Å². The molecule has 1 aromatic carbocycles. The Morgan fingerprint density at radius 2 is 1.90 bits per heavy atom. The Morgan fingerprint density at radius 1 is 1.10 bits per heavy atom. The molecule has 2 rings (SSSR count). The molecule has 0 saturated heterocycles. The van der Waals surface area contributed by atoms with Crippen molar-refractivity contribution in [3.8, 4) is 11.5 Å². The normalized spacial score (nSPS) is 12.2. The van der Waals surface area contributed by atoms with Gasteiger partial charge in [-0.3, -0.25) is 4.98 Å². The fourth-order valence-corrected chi connectivity index (χ4v) is 2.04. The third-order valence-electron chi connectivity index (χ3n) is 3.33. The van der Waals surface area contributed by atoms with E-state index in [0.717, 1.165) is 36.3 Å². The third kappa shape index (κ3) is 4.07. The number of aromatic nitrogens is 1. The standard InChI is InChI=1S/C17H22N2O/c1-3-13-6-5-7-16(9-13)20-17-10-14(11-19-12-17)8-15(18)4-2/h5-7,9-12,15H,3-4,8,18H2,1-2H3. The summed E-state index contributed by atoms with van der Waals surface area (Å²) < 4.78 is 5.87. The lowest BCUT2D eigenvalue weighted by atomic mass is 10.1. The van der Waals surface area contributed by atoms with Crippen LogP contribution in [0, 0.1) is 0 Å². The summed E-state index contributed by atoms with van der Waals surface area (Å²) in [6.07, 6.45) is 6.38. The molecule has 0 saturated carbocycles.